The molecule has 0 saturated carbocycles. The lowest BCUT2D eigenvalue weighted by atomic mass is 10.0. The Bertz CT molecular complexity index is 803. The van der Waals surface area contributed by atoms with Crippen LogP contribution in [0.5, 0.6) is 0 Å². The Labute approximate surface area is 185 Å². The van der Waals surface area contributed by atoms with Crippen molar-refractivity contribution in [3.63, 3.8) is 0 Å². The Hall–Kier alpha value is -2.33. The van der Waals surface area contributed by atoms with E-state index in [0.29, 0.717) is 31.0 Å². The maximum Gasteiger partial charge on any atom is 0.242 e. The van der Waals surface area contributed by atoms with Gasteiger partial charge in [0.1, 0.15) is 6.04 Å². The summed E-state index contributed by atoms with van der Waals surface area (Å²) in [4.78, 5) is 27.4. The standard InChI is InChI=1S/C25H33ClN2O2/c1-4-6-17-27-25(30)19(3)28(18-22-11-14-23(26)15-12-22)24(29)16-13-21-9-7-20(5-2)8-10-21/h7-12,14-15,19H,4-6,13,16-18H2,1-3H3,(H,27,30)/t19-/m0/s1. The van der Waals surface area contributed by atoms with Crippen molar-refractivity contribution in [3.8, 4) is 0 Å². The molecule has 5 heteroatoms. The fraction of sp³-hybridized carbons (Fsp3) is 0.440. The zero-order valence-corrected chi connectivity index (χ0v) is 19.0. The van der Waals surface area contributed by atoms with E-state index in [4.69, 9.17) is 11.6 Å². The third-order valence-electron chi connectivity index (χ3n) is 5.32. The van der Waals surface area contributed by atoms with Crippen molar-refractivity contribution in [1.82, 2.24) is 10.2 Å². The zero-order valence-electron chi connectivity index (χ0n) is 18.3. The molecule has 30 heavy (non-hydrogen) atoms. The average Bonchev–Trinajstić information content (AvgIpc) is 2.77. The fourth-order valence-corrected chi connectivity index (χ4v) is 3.37. The number of halogens is 1. The average molecular weight is 429 g/mol. The first-order valence-corrected chi connectivity index (χ1v) is 11.2. The van der Waals surface area contributed by atoms with Crippen LogP contribution in [0.15, 0.2) is 48.5 Å². The normalized spacial score (nSPS) is 11.7. The summed E-state index contributed by atoms with van der Waals surface area (Å²) >= 11 is 5.99. The van der Waals surface area contributed by atoms with Crippen LogP contribution >= 0.6 is 11.6 Å². The summed E-state index contributed by atoms with van der Waals surface area (Å²) in [5, 5.41) is 3.60. The molecule has 0 saturated heterocycles. The predicted molar refractivity (Wildman–Crippen MR) is 124 cm³/mol. The number of unbranched alkanes of at least 4 members (excludes halogenated alkanes) is 1. The molecule has 4 nitrogen and oxygen atoms in total. The number of benzene rings is 2. The smallest absolute Gasteiger partial charge is 0.242 e. The number of hydrogen-bond donors (Lipinski definition) is 1. The van der Waals surface area contributed by atoms with Crippen LogP contribution in [0.3, 0.4) is 0 Å². The van der Waals surface area contributed by atoms with Crippen LogP contribution < -0.4 is 5.32 Å². The second-order valence-corrected chi connectivity index (χ2v) is 8.08. The van der Waals surface area contributed by atoms with E-state index in [9.17, 15) is 9.59 Å². The number of hydrogen-bond acceptors (Lipinski definition) is 2. The third-order valence-corrected chi connectivity index (χ3v) is 5.57. The van der Waals surface area contributed by atoms with Crippen molar-refractivity contribution in [3.05, 3.63) is 70.2 Å². The van der Waals surface area contributed by atoms with E-state index in [1.807, 2.05) is 12.1 Å². The number of nitrogens with one attached hydrogen (secondary N) is 1. The molecule has 162 valence electrons. The minimum atomic E-state index is -0.535. The van der Waals surface area contributed by atoms with Crippen LogP contribution in [0.2, 0.25) is 5.02 Å². The van der Waals surface area contributed by atoms with E-state index in [-0.39, 0.29) is 11.8 Å². The maximum absolute atomic E-state index is 13.1. The molecule has 0 bridgehead atoms. The van der Waals surface area contributed by atoms with Crippen molar-refractivity contribution in [1.29, 1.82) is 0 Å². The van der Waals surface area contributed by atoms with Gasteiger partial charge >= 0.3 is 0 Å². The summed E-state index contributed by atoms with van der Waals surface area (Å²) in [6.45, 7) is 7.02. The molecule has 0 unspecified atom stereocenters. The van der Waals surface area contributed by atoms with E-state index in [1.165, 1.54) is 5.56 Å². The SMILES string of the molecule is CCCCNC(=O)[C@H](C)N(Cc1ccc(Cl)cc1)C(=O)CCc1ccc(CC)cc1. The van der Waals surface area contributed by atoms with E-state index >= 15 is 0 Å². The molecule has 0 aliphatic rings. The third kappa shape index (κ3) is 7.49. The number of rotatable bonds is 11. The monoisotopic (exact) mass is 428 g/mol. The van der Waals surface area contributed by atoms with Crippen LogP contribution in [-0.2, 0) is 29.0 Å². The maximum atomic E-state index is 13.1. The lowest BCUT2D eigenvalue weighted by molar-refractivity contribution is -0.140. The van der Waals surface area contributed by atoms with Crippen molar-refractivity contribution in [2.24, 2.45) is 0 Å². The molecule has 0 heterocycles. The minimum absolute atomic E-state index is 0.0253. The van der Waals surface area contributed by atoms with Gasteiger partial charge in [-0.25, -0.2) is 0 Å². The molecule has 0 spiro atoms. The Morgan fingerprint density at radius 3 is 2.17 bits per heavy atom. The number of aryl methyl sites for hydroxylation is 2. The Balaban J connectivity index is 2.08. The largest absolute Gasteiger partial charge is 0.354 e. The summed E-state index contributed by atoms with van der Waals surface area (Å²) in [6, 6.07) is 15.2. The van der Waals surface area contributed by atoms with Crippen molar-refractivity contribution in [2.75, 3.05) is 6.54 Å². The summed E-state index contributed by atoms with van der Waals surface area (Å²) < 4.78 is 0. The van der Waals surface area contributed by atoms with E-state index in [1.54, 1.807) is 24.0 Å². The highest BCUT2D eigenvalue weighted by molar-refractivity contribution is 6.30. The molecule has 0 fully saturated rings. The van der Waals surface area contributed by atoms with E-state index in [0.717, 1.165) is 30.4 Å². The van der Waals surface area contributed by atoms with Crippen LogP contribution in [-0.4, -0.2) is 29.3 Å². The van der Waals surface area contributed by atoms with Crippen molar-refractivity contribution < 1.29 is 9.59 Å². The molecule has 0 radical (unpaired) electrons. The molecule has 0 aromatic heterocycles. The van der Waals surface area contributed by atoms with Crippen molar-refractivity contribution >= 4 is 23.4 Å². The van der Waals surface area contributed by atoms with Crippen LogP contribution in [0.25, 0.3) is 0 Å². The first kappa shape index (κ1) is 23.9. The van der Waals surface area contributed by atoms with Crippen molar-refractivity contribution in [2.45, 2.75) is 65.5 Å². The number of nitrogens with zero attached hydrogens (tertiary/aromatic N) is 1. The molecule has 2 amide bonds. The summed E-state index contributed by atoms with van der Waals surface area (Å²) in [7, 11) is 0. The van der Waals surface area contributed by atoms with Gasteiger partial charge in [0.2, 0.25) is 11.8 Å². The van der Waals surface area contributed by atoms with Crippen LogP contribution in [0.4, 0.5) is 0 Å². The zero-order chi connectivity index (χ0) is 21.9. The molecular formula is C25H33ClN2O2. The fourth-order valence-electron chi connectivity index (χ4n) is 3.24. The Morgan fingerprint density at radius 1 is 0.967 bits per heavy atom. The highest BCUT2D eigenvalue weighted by Crippen LogP contribution is 2.16. The first-order chi connectivity index (χ1) is 14.4. The summed E-state index contributed by atoms with van der Waals surface area (Å²) in [5.41, 5.74) is 3.37. The van der Waals surface area contributed by atoms with Gasteiger partial charge in [0.25, 0.3) is 0 Å². The van der Waals surface area contributed by atoms with Crippen LogP contribution in [0, 0.1) is 0 Å². The first-order valence-electron chi connectivity index (χ1n) is 10.8. The summed E-state index contributed by atoms with van der Waals surface area (Å²) in [6.07, 6.45) is 3.96. The molecule has 0 aliphatic heterocycles. The molecule has 1 N–H and O–H groups in total. The molecule has 2 aromatic rings. The molecular weight excluding hydrogens is 396 g/mol. The Morgan fingerprint density at radius 2 is 1.57 bits per heavy atom. The minimum Gasteiger partial charge on any atom is -0.354 e. The van der Waals surface area contributed by atoms with Gasteiger partial charge in [-0.15, -0.1) is 0 Å². The molecule has 0 aliphatic carbocycles. The van der Waals surface area contributed by atoms with Gasteiger partial charge in [-0.3, -0.25) is 9.59 Å². The van der Waals surface area contributed by atoms with Gasteiger partial charge in [-0.1, -0.05) is 68.3 Å². The molecule has 2 aromatic carbocycles. The van der Waals surface area contributed by atoms with Gasteiger partial charge in [0, 0.05) is 24.5 Å². The number of carbonyl (C=O) groups excluding carboxylic acids is 2. The lowest BCUT2D eigenvalue weighted by Gasteiger charge is -2.29. The second kappa shape index (κ2) is 12.4. The van der Waals surface area contributed by atoms with Gasteiger partial charge in [0.15, 0.2) is 0 Å². The topological polar surface area (TPSA) is 49.4 Å². The lowest BCUT2D eigenvalue weighted by Crippen LogP contribution is -2.47. The summed E-state index contributed by atoms with van der Waals surface area (Å²) in [5.74, 6) is -0.138. The number of carbonyl (C=O) groups is 2. The predicted octanol–water partition coefficient (Wildman–Crippen LogP) is 5.17. The van der Waals surface area contributed by atoms with Gasteiger partial charge in [-0.05, 0) is 55.0 Å². The van der Waals surface area contributed by atoms with Gasteiger partial charge in [0.05, 0.1) is 0 Å². The second-order valence-electron chi connectivity index (χ2n) is 7.64. The van der Waals surface area contributed by atoms with Gasteiger partial charge < -0.3 is 10.2 Å². The van der Waals surface area contributed by atoms with Crippen LogP contribution in [0.1, 0.15) is 56.7 Å². The molecule has 2 rings (SSSR count). The quantitative estimate of drug-likeness (QED) is 0.502. The highest BCUT2D eigenvalue weighted by Gasteiger charge is 2.25. The van der Waals surface area contributed by atoms with Gasteiger partial charge in [-0.2, -0.15) is 0 Å². The Kier molecular flexibility index (Phi) is 9.88. The highest BCUT2D eigenvalue weighted by atomic mass is 35.5. The van der Waals surface area contributed by atoms with E-state index < -0.39 is 6.04 Å². The molecule has 1 atom stereocenters. The number of amides is 2. The van der Waals surface area contributed by atoms with E-state index in [2.05, 4.69) is 43.4 Å².